The van der Waals surface area contributed by atoms with Crippen LogP contribution in [0, 0.1) is 20.8 Å². The number of nitrogen functional groups attached to an aromatic ring is 1. The molecule has 2 rings (SSSR count). The Morgan fingerprint density at radius 1 is 1.15 bits per heavy atom. The van der Waals surface area contributed by atoms with E-state index in [0.717, 1.165) is 10.4 Å². The number of aryl methyl sites for hydroxylation is 3. The van der Waals surface area contributed by atoms with Gasteiger partial charge in [0, 0.05) is 17.1 Å². The van der Waals surface area contributed by atoms with E-state index in [1.807, 2.05) is 18.4 Å². The van der Waals surface area contributed by atoms with E-state index in [0.29, 0.717) is 28.3 Å². The van der Waals surface area contributed by atoms with E-state index >= 15 is 0 Å². The number of hydrogen-bond acceptors (Lipinski definition) is 4. The maximum absolute atomic E-state index is 12.4. The second-order valence-electron chi connectivity index (χ2n) is 4.84. The van der Waals surface area contributed by atoms with Crippen LogP contribution >= 0.6 is 11.3 Å². The van der Waals surface area contributed by atoms with E-state index in [-0.39, 0.29) is 0 Å². The first-order valence-corrected chi connectivity index (χ1v) is 8.57. The summed E-state index contributed by atoms with van der Waals surface area (Å²) >= 11 is 1.55. The van der Waals surface area contributed by atoms with E-state index < -0.39 is 10.0 Å². The number of nitrogens with one attached hydrogen (secondary N) is 1. The second-order valence-corrected chi connectivity index (χ2v) is 7.54. The molecule has 0 atom stereocenters. The first kappa shape index (κ1) is 15.0. The lowest BCUT2D eigenvalue weighted by molar-refractivity contribution is 0.580. The molecule has 1 aromatic carbocycles. The molecule has 2 aromatic rings. The second kappa shape index (κ2) is 5.55. The van der Waals surface area contributed by atoms with Gasteiger partial charge < -0.3 is 5.73 Å². The fourth-order valence-corrected chi connectivity index (χ4v) is 4.61. The SMILES string of the molecule is Cc1ccsc1CNS(=O)(=O)c1c(C)cc(N)cc1C. The van der Waals surface area contributed by atoms with Crippen molar-refractivity contribution in [1.82, 2.24) is 4.72 Å². The summed E-state index contributed by atoms with van der Waals surface area (Å²) in [4.78, 5) is 1.35. The van der Waals surface area contributed by atoms with E-state index in [2.05, 4.69) is 4.72 Å². The molecule has 3 N–H and O–H groups in total. The van der Waals surface area contributed by atoms with Crippen LogP contribution in [0.25, 0.3) is 0 Å². The van der Waals surface area contributed by atoms with Crippen molar-refractivity contribution in [2.24, 2.45) is 0 Å². The topological polar surface area (TPSA) is 72.2 Å². The molecule has 1 aromatic heterocycles. The van der Waals surface area contributed by atoms with E-state index in [9.17, 15) is 8.42 Å². The highest BCUT2D eigenvalue weighted by atomic mass is 32.2. The van der Waals surface area contributed by atoms with Crippen LogP contribution in [0.2, 0.25) is 0 Å². The third-order valence-corrected chi connectivity index (χ3v) is 5.87. The smallest absolute Gasteiger partial charge is 0.241 e. The Labute approximate surface area is 123 Å². The molecule has 0 spiro atoms. The summed E-state index contributed by atoms with van der Waals surface area (Å²) < 4.78 is 27.6. The molecule has 20 heavy (non-hydrogen) atoms. The third kappa shape index (κ3) is 3.03. The largest absolute Gasteiger partial charge is 0.399 e. The van der Waals surface area contributed by atoms with Gasteiger partial charge in [-0.1, -0.05) is 0 Å². The van der Waals surface area contributed by atoms with Gasteiger partial charge in [0.05, 0.1) is 4.90 Å². The molecular formula is C14H18N2O2S2. The monoisotopic (exact) mass is 310 g/mol. The van der Waals surface area contributed by atoms with Crippen LogP contribution in [-0.4, -0.2) is 8.42 Å². The Balaban J connectivity index is 2.30. The van der Waals surface area contributed by atoms with Gasteiger partial charge >= 0.3 is 0 Å². The van der Waals surface area contributed by atoms with Gasteiger partial charge in [-0.25, -0.2) is 13.1 Å². The Kier molecular flexibility index (Phi) is 4.17. The van der Waals surface area contributed by atoms with Crippen molar-refractivity contribution in [1.29, 1.82) is 0 Å². The number of rotatable bonds is 4. The Bertz CT molecular complexity index is 710. The van der Waals surface area contributed by atoms with E-state index in [1.54, 1.807) is 37.3 Å². The third-order valence-electron chi connectivity index (χ3n) is 3.14. The number of thiophene rings is 1. The van der Waals surface area contributed by atoms with Crippen molar-refractivity contribution in [3.8, 4) is 0 Å². The molecule has 0 aliphatic rings. The predicted octanol–water partition coefficient (Wildman–Crippen LogP) is 2.73. The summed E-state index contributed by atoms with van der Waals surface area (Å²) in [5, 5.41) is 1.96. The van der Waals surface area contributed by atoms with Gasteiger partial charge in [-0.2, -0.15) is 0 Å². The summed E-state index contributed by atoms with van der Waals surface area (Å²) in [6.07, 6.45) is 0. The molecule has 0 aliphatic carbocycles. The molecule has 6 heteroatoms. The molecule has 108 valence electrons. The molecule has 0 fully saturated rings. The quantitative estimate of drug-likeness (QED) is 0.853. The normalized spacial score (nSPS) is 11.8. The number of benzene rings is 1. The lowest BCUT2D eigenvalue weighted by Crippen LogP contribution is -2.24. The Morgan fingerprint density at radius 2 is 1.75 bits per heavy atom. The average Bonchev–Trinajstić information content (AvgIpc) is 2.70. The molecule has 0 amide bonds. The number of sulfonamides is 1. The fourth-order valence-electron chi connectivity index (χ4n) is 2.23. The number of nitrogens with two attached hydrogens (primary N) is 1. The van der Waals surface area contributed by atoms with Crippen molar-refractivity contribution < 1.29 is 8.42 Å². The lowest BCUT2D eigenvalue weighted by Gasteiger charge is -2.12. The first-order chi connectivity index (χ1) is 9.31. The van der Waals surface area contributed by atoms with Crippen molar-refractivity contribution in [2.45, 2.75) is 32.2 Å². The molecule has 0 saturated carbocycles. The van der Waals surface area contributed by atoms with Gasteiger partial charge in [0.15, 0.2) is 0 Å². The van der Waals surface area contributed by atoms with Gasteiger partial charge in [-0.15, -0.1) is 11.3 Å². The van der Waals surface area contributed by atoms with Crippen LogP contribution in [-0.2, 0) is 16.6 Å². The number of hydrogen-bond donors (Lipinski definition) is 2. The molecule has 1 heterocycles. The minimum Gasteiger partial charge on any atom is -0.399 e. The van der Waals surface area contributed by atoms with Gasteiger partial charge in [-0.05, 0) is 61.0 Å². The molecule has 0 unspecified atom stereocenters. The van der Waals surface area contributed by atoms with Crippen LogP contribution in [0.15, 0.2) is 28.5 Å². The highest BCUT2D eigenvalue weighted by molar-refractivity contribution is 7.89. The minimum absolute atomic E-state index is 0.315. The molecule has 0 aliphatic heterocycles. The highest BCUT2D eigenvalue weighted by Crippen LogP contribution is 2.23. The van der Waals surface area contributed by atoms with Crippen LogP contribution in [0.4, 0.5) is 5.69 Å². The zero-order valence-corrected chi connectivity index (χ0v) is 13.4. The molecule has 0 saturated heterocycles. The van der Waals surface area contributed by atoms with E-state index in [4.69, 9.17) is 5.73 Å². The van der Waals surface area contributed by atoms with Crippen LogP contribution in [0.1, 0.15) is 21.6 Å². The van der Waals surface area contributed by atoms with Crippen molar-refractivity contribution >= 4 is 27.0 Å². The van der Waals surface area contributed by atoms with Gasteiger partial charge in [-0.3, -0.25) is 0 Å². The number of anilines is 1. The average molecular weight is 310 g/mol. The summed E-state index contributed by atoms with van der Waals surface area (Å²) in [6, 6.07) is 5.34. The lowest BCUT2D eigenvalue weighted by atomic mass is 10.1. The van der Waals surface area contributed by atoms with Gasteiger partial charge in [0.25, 0.3) is 0 Å². The summed E-state index contributed by atoms with van der Waals surface area (Å²) in [5.41, 5.74) is 8.74. The summed E-state index contributed by atoms with van der Waals surface area (Å²) in [7, 11) is -3.53. The first-order valence-electron chi connectivity index (χ1n) is 6.20. The molecule has 0 bridgehead atoms. The van der Waals surface area contributed by atoms with Crippen molar-refractivity contribution in [3.63, 3.8) is 0 Å². The van der Waals surface area contributed by atoms with Gasteiger partial charge in [0.2, 0.25) is 10.0 Å². The maximum Gasteiger partial charge on any atom is 0.241 e. The zero-order chi connectivity index (χ0) is 14.9. The van der Waals surface area contributed by atoms with Crippen molar-refractivity contribution in [3.05, 3.63) is 45.1 Å². The van der Waals surface area contributed by atoms with Crippen LogP contribution in [0.5, 0.6) is 0 Å². The van der Waals surface area contributed by atoms with Crippen LogP contribution < -0.4 is 10.5 Å². The Morgan fingerprint density at radius 3 is 2.25 bits per heavy atom. The summed E-state index contributed by atoms with van der Waals surface area (Å²) in [5.74, 6) is 0. The predicted molar refractivity (Wildman–Crippen MR) is 83.4 cm³/mol. The summed E-state index contributed by atoms with van der Waals surface area (Å²) in [6.45, 7) is 5.80. The van der Waals surface area contributed by atoms with Crippen molar-refractivity contribution in [2.75, 3.05) is 5.73 Å². The maximum atomic E-state index is 12.4. The fraction of sp³-hybridized carbons (Fsp3) is 0.286. The molecular weight excluding hydrogens is 292 g/mol. The minimum atomic E-state index is -3.53. The van der Waals surface area contributed by atoms with Crippen LogP contribution in [0.3, 0.4) is 0 Å². The van der Waals surface area contributed by atoms with E-state index in [1.165, 1.54) is 0 Å². The molecule has 4 nitrogen and oxygen atoms in total. The van der Waals surface area contributed by atoms with Gasteiger partial charge in [0.1, 0.15) is 0 Å². The standard InChI is InChI=1S/C14H18N2O2S2/c1-9-4-5-19-13(9)8-16-20(17,18)14-10(2)6-12(15)7-11(14)3/h4-7,16H,8,15H2,1-3H3. The molecule has 0 radical (unpaired) electrons. The Hall–Kier alpha value is -1.37. The highest BCUT2D eigenvalue weighted by Gasteiger charge is 2.20. The zero-order valence-electron chi connectivity index (χ0n) is 11.7.